The van der Waals surface area contributed by atoms with Crippen molar-refractivity contribution in [2.75, 3.05) is 0 Å². The van der Waals surface area contributed by atoms with Crippen molar-refractivity contribution >= 4 is 11.6 Å². The van der Waals surface area contributed by atoms with Gasteiger partial charge in [-0.1, -0.05) is 0 Å². The lowest BCUT2D eigenvalue weighted by Gasteiger charge is -2.06. The topological polar surface area (TPSA) is 34.1 Å². The SMILES string of the molecule is CC(=O)CC(=O)c1c(C)cc(F)c(F)c1F. The summed E-state index contributed by atoms with van der Waals surface area (Å²) in [6.45, 7) is 2.43. The average Bonchev–Trinajstić information content (AvgIpc) is 2.13. The Morgan fingerprint density at radius 1 is 1.19 bits per heavy atom. The molecule has 0 atom stereocenters. The second-order valence-electron chi connectivity index (χ2n) is 3.48. The van der Waals surface area contributed by atoms with Crippen molar-refractivity contribution in [1.82, 2.24) is 0 Å². The largest absolute Gasteiger partial charge is 0.300 e. The molecule has 5 heteroatoms. The monoisotopic (exact) mass is 230 g/mol. The third-order valence-corrected chi connectivity index (χ3v) is 2.05. The molecule has 0 saturated carbocycles. The van der Waals surface area contributed by atoms with Crippen molar-refractivity contribution in [2.24, 2.45) is 0 Å². The van der Waals surface area contributed by atoms with E-state index in [2.05, 4.69) is 0 Å². The summed E-state index contributed by atoms with van der Waals surface area (Å²) in [4.78, 5) is 22.1. The number of hydrogen-bond donors (Lipinski definition) is 0. The summed E-state index contributed by atoms with van der Waals surface area (Å²) in [6.07, 6.45) is -0.525. The van der Waals surface area contributed by atoms with Gasteiger partial charge in [-0.25, -0.2) is 13.2 Å². The quantitative estimate of drug-likeness (QED) is 0.454. The minimum atomic E-state index is -1.70. The molecule has 0 spiro atoms. The van der Waals surface area contributed by atoms with Crippen molar-refractivity contribution in [3.05, 3.63) is 34.6 Å². The molecule has 0 fully saturated rings. The van der Waals surface area contributed by atoms with Gasteiger partial charge in [0.2, 0.25) is 0 Å². The lowest BCUT2D eigenvalue weighted by molar-refractivity contribution is -0.116. The van der Waals surface area contributed by atoms with Crippen LogP contribution >= 0.6 is 0 Å². The van der Waals surface area contributed by atoms with Gasteiger partial charge in [0.25, 0.3) is 0 Å². The second kappa shape index (κ2) is 4.47. The van der Waals surface area contributed by atoms with E-state index in [1.54, 1.807) is 0 Å². The van der Waals surface area contributed by atoms with E-state index in [-0.39, 0.29) is 5.56 Å². The van der Waals surface area contributed by atoms with E-state index in [1.807, 2.05) is 0 Å². The van der Waals surface area contributed by atoms with Gasteiger partial charge >= 0.3 is 0 Å². The third-order valence-electron chi connectivity index (χ3n) is 2.05. The minimum absolute atomic E-state index is 0.0253. The van der Waals surface area contributed by atoms with Gasteiger partial charge in [-0.15, -0.1) is 0 Å². The molecular formula is C11H9F3O2. The first-order chi connectivity index (χ1) is 7.34. The van der Waals surface area contributed by atoms with Gasteiger partial charge in [0, 0.05) is 0 Å². The molecule has 16 heavy (non-hydrogen) atoms. The van der Waals surface area contributed by atoms with Gasteiger partial charge in [0.05, 0.1) is 12.0 Å². The highest BCUT2D eigenvalue weighted by Crippen LogP contribution is 2.21. The Morgan fingerprint density at radius 2 is 1.75 bits per heavy atom. The number of benzene rings is 1. The van der Waals surface area contributed by atoms with E-state index < -0.39 is 41.0 Å². The zero-order valence-electron chi connectivity index (χ0n) is 8.73. The van der Waals surface area contributed by atoms with Crippen LogP contribution in [0.5, 0.6) is 0 Å². The Labute approximate surface area is 90.1 Å². The van der Waals surface area contributed by atoms with E-state index in [0.717, 1.165) is 13.0 Å². The number of carbonyl (C=O) groups excluding carboxylic acids is 2. The maximum Gasteiger partial charge on any atom is 0.195 e. The molecule has 1 aromatic carbocycles. The Morgan fingerprint density at radius 3 is 2.25 bits per heavy atom. The molecular weight excluding hydrogens is 221 g/mol. The second-order valence-corrected chi connectivity index (χ2v) is 3.48. The zero-order chi connectivity index (χ0) is 12.5. The molecule has 0 saturated heterocycles. The highest BCUT2D eigenvalue weighted by molar-refractivity contribution is 6.08. The lowest BCUT2D eigenvalue weighted by Crippen LogP contribution is -2.11. The van der Waals surface area contributed by atoms with Crippen LogP contribution in [0.25, 0.3) is 0 Å². The summed E-state index contributed by atoms with van der Waals surface area (Å²) in [7, 11) is 0. The summed E-state index contributed by atoms with van der Waals surface area (Å²) in [5.74, 6) is -5.90. The van der Waals surface area contributed by atoms with E-state index >= 15 is 0 Å². The van der Waals surface area contributed by atoms with E-state index in [0.29, 0.717) is 0 Å². The van der Waals surface area contributed by atoms with Crippen molar-refractivity contribution < 1.29 is 22.8 Å². The molecule has 0 aliphatic carbocycles. The molecule has 0 aromatic heterocycles. The molecule has 2 nitrogen and oxygen atoms in total. The van der Waals surface area contributed by atoms with Gasteiger partial charge in [-0.3, -0.25) is 9.59 Å². The molecule has 0 aliphatic heterocycles. The number of halogens is 3. The molecule has 0 radical (unpaired) electrons. The van der Waals surface area contributed by atoms with Crippen LogP contribution < -0.4 is 0 Å². The van der Waals surface area contributed by atoms with E-state index in [4.69, 9.17) is 0 Å². The molecule has 1 rings (SSSR count). The molecule has 0 unspecified atom stereocenters. The number of carbonyl (C=O) groups is 2. The fourth-order valence-electron chi connectivity index (χ4n) is 1.37. The molecule has 1 aromatic rings. The molecule has 86 valence electrons. The van der Waals surface area contributed by atoms with Crippen LogP contribution in [0, 0.1) is 24.4 Å². The highest BCUT2D eigenvalue weighted by atomic mass is 19.2. The number of hydrogen-bond acceptors (Lipinski definition) is 2. The summed E-state index contributed by atoms with van der Waals surface area (Å²) >= 11 is 0. The Hall–Kier alpha value is -1.65. The molecule has 0 heterocycles. The first-order valence-electron chi connectivity index (χ1n) is 4.51. The summed E-state index contributed by atoms with van der Waals surface area (Å²) < 4.78 is 38.9. The van der Waals surface area contributed by atoms with Crippen LogP contribution in [0.4, 0.5) is 13.2 Å². The van der Waals surface area contributed by atoms with Gasteiger partial charge in [-0.2, -0.15) is 0 Å². The normalized spacial score (nSPS) is 10.3. The Balaban J connectivity index is 3.29. The Bertz CT molecular complexity index is 467. The first kappa shape index (κ1) is 12.4. The average molecular weight is 230 g/mol. The fourth-order valence-corrected chi connectivity index (χ4v) is 1.37. The van der Waals surface area contributed by atoms with Gasteiger partial charge in [-0.05, 0) is 25.5 Å². The smallest absolute Gasteiger partial charge is 0.195 e. The van der Waals surface area contributed by atoms with Crippen LogP contribution in [-0.2, 0) is 4.79 Å². The molecule has 0 aliphatic rings. The third kappa shape index (κ3) is 2.29. The van der Waals surface area contributed by atoms with Gasteiger partial charge in [0.15, 0.2) is 23.2 Å². The first-order valence-corrected chi connectivity index (χ1v) is 4.51. The van der Waals surface area contributed by atoms with E-state index in [9.17, 15) is 22.8 Å². The standard InChI is InChI=1S/C11H9F3O2/c1-5-3-7(12)10(13)11(14)9(5)8(16)4-6(2)15/h3H,4H2,1-2H3. The minimum Gasteiger partial charge on any atom is -0.300 e. The Kier molecular flexibility index (Phi) is 3.47. The predicted molar refractivity (Wildman–Crippen MR) is 50.7 cm³/mol. The van der Waals surface area contributed by atoms with Crippen molar-refractivity contribution in [3.63, 3.8) is 0 Å². The zero-order valence-corrected chi connectivity index (χ0v) is 8.73. The lowest BCUT2D eigenvalue weighted by atomic mass is 10.0. The molecule has 0 amide bonds. The fraction of sp³-hybridized carbons (Fsp3) is 0.273. The maximum atomic E-state index is 13.3. The number of Topliss-reactive ketones (excluding diaryl/α,β-unsaturated/α-hetero) is 2. The van der Waals surface area contributed by atoms with Gasteiger partial charge in [0.1, 0.15) is 5.78 Å². The number of aryl methyl sites for hydroxylation is 1. The summed E-state index contributed by atoms with van der Waals surface area (Å²) in [5, 5.41) is 0. The highest BCUT2D eigenvalue weighted by Gasteiger charge is 2.22. The van der Waals surface area contributed by atoms with Crippen molar-refractivity contribution in [2.45, 2.75) is 20.3 Å². The van der Waals surface area contributed by atoms with Crippen LogP contribution in [-0.4, -0.2) is 11.6 Å². The van der Waals surface area contributed by atoms with Gasteiger partial charge < -0.3 is 0 Å². The van der Waals surface area contributed by atoms with Crippen LogP contribution in [0.3, 0.4) is 0 Å². The van der Waals surface area contributed by atoms with E-state index in [1.165, 1.54) is 6.92 Å². The van der Waals surface area contributed by atoms with Crippen LogP contribution in [0.1, 0.15) is 29.3 Å². The maximum absolute atomic E-state index is 13.3. The molecule has 0 bridgehead atoms. The van der Waals surface area contributed by atoms with Crippen molar-refractivity contribution in [1.29, 1.82) is 0 Å². The number of rotatable bonds is 3. The summed E-state index contributed by atoms with van der Waals surface area (Å²) in [5.41, 5.74) is -0.586. The predicted octanol–water partition coefficient (Wildman–Crippen LogP) is 2.57. The van der Waals surface area contributed by atoms with Crippen LogP contribution in [0.15, 0.2) is 6.07 Å². The van der Waals surface area contributed by atoms with Crippen LogP contribution in [0.2, 0.25) is 0 Å². The number of ketones is 2. The molecule has 0 N–H and O–H groups in total. The van der Waals surface area contributed by atoms with Crippen molar-refractivity contribution in [3.8, 4) is 0 Å². The summed E-state index contributed by atoms with van der Waals surface area (Å²) in [6, 6.07) is 0.728.